The van der Waals surface area contributed by atoms with E-state index in [1.807, 2.05) is 6.92 Å². The van der Waals surface area contributed by atoms with E-state index in [0.29, 0.717) is 5.69 Å². The molecule has 54 valence electrons. The number of hydrogen-bond donors (Lipinski definition) is 0. The molecule has 0 aliphatic rings. The molecular formula is C6H8NOPS. The Morgan fingerprint density at radius 1 is 1.70 bits per heavy atom. The zero-order valence-electron chi connectivity index (χ0n) is 5.84. The first-order chi connectivity index (χ1) is 4.61. The van der Waals surface area contributed by atoms with Gasteiger partial charge in [0.05, 0.1) is 0 Å². The summed E-state index contributed by atoms with van der Waals surface area (Å²) in [6.07, 6.45) is 0. The molecule has 0 aliphatic carbocycles. The van der Waals surface area contributed by atoms with E-state index in [0.717, 1.165) is 9.63 Å². The Hall–Kier alpha value is -0.270. The van der Waals surface area contributed by atoms with Crippen molar-refractivity contribution in [1.82, 2.24) is 4.98 Å². The third-order valence-electron chi connectivity index (χ3n) is 1.15. The number of ketones is 1. The van der Waals surface area contributed by atoms with Crippen LogP contribution >= 0.6 is 20.6 Å². The largest absolute Gasteiger partial charge is 0.293 e. The molecule has 0 saturated carbocycles. The molecule has 2 nitrogen and oxygen atoms in total. The number of Topliss-reactive ketones (excluding diaryl/α,β-unsaturated/α-hetero) is 1. The van der Waals surface area contributed by atoms with E-state index >= 15 is 0 Å². The van der Waals surface area contributed by atoms with Crippen molar-refractivity contribution in [2.45, 2.75) is 13.8 Å². The van der Waals surface area contributed by atoms with Gasteiger partial charge in [-0.25, -0.2) is 4.98 Å². The van der Waals surface area contributed by atoms with Crippen LogP contribution in [0.15, 0.2) is 0 Å². The van der Waals surface area contributed by atoms with E-state index in [1.165, 1.54) is 18.3 Å². The van der Waals surface area contributed by atoms with Crippen LogP contribution in [0.3, 0.4) is 0 Å². The van der Waals surface area contributed by atoms with Crippen LogP contribution in [-0.4, -0.2) is 10.8 Å². The van der Waals surface area contributed by atoms with Gasteiger partial charge >= 0.3 is 0 Å². The zero-order chi connectivity index (χ0) is 7.72. The number of carbonyl (C=O) groups is 1. The second kappa shape index (κ2) is 2.77. The second-order valence-electron chi connectivity index (χ2n) is 2.01. The lowest BCUT2D eigenvalue weighted by Crippen LogP contribution is -1.96. The minimum absolute atomic E-state index is 0.0439. The van der Waals surface area contributed by atoms with Crippen LogP contribution in [0.1, 0.15) is 22.3 Å². The number of aryl methyl sites for hydroxylation is 1. The molecular weight excluding hydrogens is 165 g/mol. The Balaban J connectivity index is 3.15. The molecule has 0 amide bonds. The van der Waals surface area contributed by atoms with Gasteiger partial charge < -0.3 is 0 Å². The molecule has 1 rings (SSSR count). The van der Waals surface area contributed by atoms with Gasteiger partial charge in [-0.1, -0.05) is 9.24 Å². The molecule has 0 radical (unpaired) electrons. The molecule has 10 heavy (non-hydrogen) atoms. The maximum Gasteiger partial charge on any atom is 0.179 e. The standard InChI is InChI=1S/C6H8NOPS/c1-3(8)5-4(2)10-6(9)7-5/h9H2,1-2H3. The van der Waals surface area contributed by atoms with Crippen molar-refractivity contribution in [3.05, 3.63) is 10.6 Å². The SMILES string of the molecule is CC(=O)c1nc(P)sc1C. The quantitative estimate of drug-likeness (QED) is 0.471. The monoisotopic (exact) mass is 173 g/mol. The molecule has 1 aromatic heterocycles. The van der Waals surface area contributed by atoms with Crippen molar-refractivity contribution in [3.8, 4) is 0 Å². The number of carbonyl (C=O) groups excluding carboxylic acids is 1. The maximum absolute atomic E-state index is 10.8. The fourth-order valence-corrected chi connectivity index (χ4v) is 2.14. The molecule has 1 unspecified atom stereocenters. The van der Waals surface area contributed by atoms with Crippen LogP contribution in [-0.2, 0) is 0 Å². The van der Waals surface area contributed by atoms with E-state index in [-0.39, 0.29) is 5.78 Å². The summed E-state index contributed by atoms with van der Waals surface area (Å²) in [7, 11) is 2.48. The first-order valence-electron chi connectivity index (χ1n) is 2.85. The van der Waals surface area contributed by atoms with E-state index in [9.17, 15) is 4.79 Å². The van der Waals surface area contributed by atoms with Crippen LogP contribution in [0.4, 0.5) is 0 Å². The average molecular weight is 173 g/mol. The first-order valence-corrected chi connectivity index (χ1v) is 4.24. The number of aromatic nitrogens is 1. The minimum Gasteiger partial charge on any atom is -0.293 e. The van der Waals surface area contributed by atoms with Crippen LogP contribution in [0.5, 0.6) is 0 Å². The highest BCUT2D eigenvalue weighted by molar-refractivity contribution is 7.42. The van der Waals surface area contributed by atoms with Gasteiger partial charge in [-0.15, -0.1) is 11.3 Å². The summed E-state index contributed by atoms with van der Waals surface area (Å²) in [6.45, 7) is 3.44. The Morgan fingerprint density at radius 2 is 2.30 bits per heavy atom. The number of rotatable bonds is 1. The van der Waals surface area contributed by atoms with Gasteiger partial charge in [-0.3, -0.25) is 4.79 Å². The number of nitrogens with zero attached hydrogens (tertiary/aromatic N) is 1. The van der Waals surface area contributed by atoms with Crippen LogP contribution in [0.25, 0.3) is 0 Å². The van der Waals surface area contributed by atoms with Gasteiger partial charge in [0.1, 0.15) is 10.4 Å². The molecule has 1 aromatic rings. The Labute approximate surface area is 65.9 Å². The van der Waals surface area contributed by atoms with Crippen molar-refractivity contribution in [1.29, 1.82) is 0 Å². The van der Waals surface area contributed by atoms with E-state index < -0.39 is 0 Å². The van der Waals surface area contributed by atoms with Crippen molar-refractivity contribution >= 4 is 31.1 Å². The molecule has 0 aromatic carbocycles. The molecule has 0 bridgehead atoms. The predicted octanol–water partition coefficient (Wildman–Crippen LogP) is 1.15. The summed E-state index contributed by atoms with van der Waals surface area (Å²) in [4.78, 5) is 15.9. The highest BCUT2D eigenvalue weighted by atomic mass is 32.1. The third-order valence-corrected chi connectivity index (χ3v) is 2.43. The lowest BCUT2D eigenvalue weighted by Gasteiger charge is -1.85. The van der Waals surface area contributed by atoms with E-state index in [2.05, 4.69) is 14.2 Å². The lowest BCUT2D eigenvalue weighted by molar-refractivity contribution is 0.101. The van der Waals surface area contributed by atoms with Gasteiger partial charge in [0.25, 0.3) is 0 Å². The van der Waals surface area contributed by atoms with Crippen molar-refractivity contribution < 1.29 is 4.79 Å². The van der Waals surface area contributed by atoms with Crippen LogP contribution in [0, 0.1) is 6.92 Å². The summed E-state index contributed by atoms with van der Waals surface area (Å²) in [5.74, 6) is 0.0439. The molecule has 0 aliphatic heterocycles. The predicted molar refractivity (Wildman–Crippen MR) is 46.2 cm³/mol. The summed E-state index contributed by atoms with van der Waals surface area (Å²) >= 11 is 1.53. The van der Waals surface area contributed by atoms with Gasteiger partial charge in [-0.2, -0.15) is 0 Å². The Morgan fingerprint density at radius 3 is 2.50 bits per heavy atom. The summed E-state index contributed by atoms with van der Waals surface area (Å²) in [5.41, 5.74) is 0.606. The fraction of sp³-hybridized carbons (Fsp3) is 0.333. The number of hydrogen-bond acceptors (Lipinski definition) is 3. The van der Waals surface area contributed by atoms with Crippen molar-refractivity contribution in [3.63, 3.8) is 0 Å². The van der Waals surface area contributed by atoms with E-state index in [4.69, 9.17) is 0 Å². The molecule has 1 atom stereocenters. The topological polar surface area (TPSA) is 30.0 Å². The van der Waals surface area contributed by atoms with Crippen molar-refractivity contribution in [2.75, 3.05) is 0 Å². The molecule has 0 spiro atoms. The normalized spacial score (nSPS) is 9.90. The fourth-order valence-electron chi connectivity index (χ4n) is 0.744. The minimum atomic E-state index is 0.0439. The van der Waals surface area contributed by atoms with Gasteiger partial charge in [0.15, 0.2) is 5.78 Å². The van der Waals surface area contributed by atoms with Gasteiger partial charge in [0, 0.05) is 11.8 Å². The molecule has 0 N–H and O–H groups in total. The summed E-state index contributed by atoms with van der Waals surface area (Å²) < 4.78 is 0.878. The third kappa shape index (κ3) is 1.41. The van der Waals surface area contributed by atoms with E-state index in [1.54, 1.807) is 0 Å². The highest BCUT2D eigenvalue weighted by Crippen LogP contribution is 2.11. The lowest BCUT2D eigenvalue weighted by atomic mass is 10.3. The van der Waals surface area contributed by atoms with Crippen LogP contribution in [0.2, 0.25) is 0 Å². The molecule has 1 heterocycles. The Kier molecular flexibility index (Phi) is 2.17. The molecule has 4 heteroatoms. The summed E-state index contributed by atoms with van der Waals surface area (Å²) in [5, 5.41) is 0. The number of thiazole rings is 1. The first kappa shape index (κ1) is 7.83. The van der Waals surface area contributed by atoms with Crippen molar-refractivity contribution in [2.24, 2.45) is 0 Å². The van der Waals surface area contributed by atoms with Gasteiger partial charge in [-0.05, 0) is 6.92 Å². The smallest absolute Gasteiger partial charge is 0.179 e. The Bertz CT molecular complexity index is 269. The van der Waals surface area contributed by atoms with Gasteiger partial charge in [0.2, 0.25) is 0 Å². The zero-order valence-corrected chi connectivity index (χ0v) is 7.81. The molecule has 0 saturated heterocycles. The maximum atomic E-state index is 10.8. The average Bonchev–Trinajstić information content (AvgIpc) is 2.10. The summed E-state index contributed by atoms with van der Waals surface area (Å²) in [6, 6.07) is 0. The second-order valence-corrected chi connectivity index (χ2v) is 4.21. The molecule has 0 fully saturated rings. The van der Waals surface area contributed by atoms with Crippen LogP contribution < -0.4 is 4.75 Å². The highest BCUT2D eigenvalue weighted by Gasteiger charge is 2.07.